The summed E-state index contributed by atoms with van der Waals surface area (Å²) < 4.78 is 26.5. The Morgan fingerprint density at radius 3 is 2.17 bits per heavy atom. The second kappa shape index (κ2) is 6.63. The molecule has 2 aromatic carbocycles. The molecule has 2 aromatic rings. The third-order valence-electron chi connectivity index (χ3n) is 4.90. The minimum Gasteiger partial charge on any atom is -0.339 e. The van der Waals surface area contributed by atoms with E-state index in [1.165, 1.54) is 0 Å². The van der Waals surface area contributed by atoms with Crippen LogP contribution in [0.3, 0.4) is 0 Å². The molecule has 4 heteroatoms. The molecule has 0 aliphatic carbocycles. The van der Waals surface area contributed by atoms with Crippen LogP contribution in [0, 0.1) is 0 Å². The zero-order valence-electron chi connectivity index (χ0n) is 13.5. The molecular formula is C20H22FNO2. The van der Waals surface area contributed by atoms with E-state index in [0.29, 0.717) is 26.0 Å². The van der Waals surface area contributed by atoms with Crippen LogP contribution in [-0.2, 0) is 15.3 Å². The first kappa shape index (κ1) is 15.8. The fourth-order valence-corrected chi connectivity index (χ4v) is 3.65. The maximum Gasteiger partial charge on any atom is 0.222 e. The number of piperidine rings is 1. The smallest absolute Gasteiger partial charge is 0.222 e. The van der Waals surface area contributed by atoms with Gasteiger partial charge in [0.1, 0.15) is 12.3 Å². The molecule has 2 fully saturated rings. The van der Waals surface area contributed by atoms with E-state index in [1.807, 2.05) is 60.7 Å². The first-order valence-electron chi connectivity index (χ1n) is 8.58. The summed E-state index contributed by atoms with van der Waals surface area (Å²) in [7, 11) is 0. The number of rotatable bonds is 3. The van der Waals surface area contributed by atoms with Gasteiger partial charge < -0.3 is 14.8 Å². The molecule has 1 N–H and O–H groups in total. The summed E-state index contributed by atoms with van der Waals surface area (Å²) in [6.45, 7) is 1.14. The quantitative estimate of drug-likeness (QED) is 0.937. The fourth-order valence-electron chi connectivity index (χ4n) is 3.65. The Labute approximate surface area is 141 Å². The number of benzene rings is 2. The SMILES string of the molecule is F[C@H]1CCNC([C@H]2COC(c3ccccc3)(c3ccccc3)O2)C1. The molecular weight excluding hydrogens is 305 g/mol. The Hall–Kier alpha value is -1.75. The molecule has 3 atom stereocenters. The highest BCUT2D eigenvalue weighted by Gasteiger charge is 2.47. The lowest BCUT2D eigenvalue weighted by atomic mass is 9.96. The predicted molar refractivity (Wildman–Crippen MR) is 90.4 cm³/mol. The molecule has 0 amide bonds. The van der Waals surface area contributed by atoms with E-state index < -0.39 is 12.0 Å². The highest BCUT2D eigenvalue weighted by Crippen LogP contribution is 2.41. The highest BCUT2D eigenvalue weighted by molar-refractivity contribution is 5.34. The van der Waals surface area contributed by atoms with Crippen molar-refractivity contribution in [3.05, 3.63) is 71.8 Å². The number of nitrogens with one attached hydrogen (secondary N) is 1. The number of halogens is 1. The first-order chi connectivity index (χ1) is 11.8. The molecule has 126 valence electrons. The standard InChI is InChI=1S/C20H22FNO2/c21-17-11-12-22-18(13-17)19-14-23-20(24-19,15-7-3-1-4-8-15)16-9-5-2-6-10-16/h1-10,17-19,22H,11-14H2/t17-,18?,19+/m0/s1. The van der Waals surface area contributed by atoms with Crippen LogP contribution < -0.4 is 5.32 Å². The molecule has 0 spiro atoms. The second-order valence-electron chi connectivity index (χ2n) is 6.50. The molecule has 4 rings (SSSR count). The van der Waals surface area contributed by atoms with Gasteiger partial charge in [-0.05, 0) is 19.4 Å². The lowest BCUT2D eigenvalue weighted by Gasteiger charge is -2.33. The average Bonchev–Trinajstić information content (AvgIpc) is 3.10. The molecule has 3 nitrogen and oxygen atoms in total. The van der Waals surface area contributed by atoms with E-state index in [4.69, 9.17) is 9.47 Å². The largest absolute Gasteiger partial charge is 0.339 e. The van der Waals surface area contributed by atoms with E-state index in [-0.39, 0.29) is 12.1 Å². The van der Waals surface area contributed by atoms with E-state index in [2.05, 4.69) is 5.32 Å². The van der Waals surface area contributed by atoms with Crippen molar-refractivity contribution in [2.24, 2.45) is 0 Å². The van der Waals surface area contributed by atoms with Gasteiger partial charge in [-0.1, -0.05) is 60.7 Å². The monoisotopic (exact) mass is 327 g/mol. The van der Waals surface area contributed by atoms with Crippen LogP contribution in [0.4, 0.5) is 4.39 Å². The summed E-state index contributed by atoms with van der Waals surface area (Å²) in [5.41, 5.74) is 1.93. The predicted octanol–water partition coefficient (Wildman–Crippen LogP) is 3.39. The van der Waals surface area contributed by atoms with Gasteiger partial charge in [0.05, 0.1) is 6.61 Å². The van der Waals surface area contributed by atoms with E-state index >= 15 is 0 Å². The van der Waals surface area contributed by atoms with Crippen molar-refractivity contribution in [1.29, 1.82) is 0 Å². The molecule has 2 saturated heterocycles. The molecule has 24 heavy (non-hydrogen) atoms. The Morgan fingerprint density at radius 1 is 0.958 bits per heavy atom. The molecule has 0 bridgehead atoms. The van der Waals surface area contributed by atoms with Gasteiger partial charge in [-0.2, -0.15) is 0 Å². The number of alkyl halides is 1. The molecule has 2 aliphatic heterocycles. The normalized spacial score (nSPS) is 29.5. The summed E-state index contributed by atoms with van der Waals surface area (Å²) in [4.78, 5) is 0. The first-order valence-corrected chi connectivity index (χ1v) is 8.58. The minimum absolute atomic E-state index is 0.0111. The van der Waals surface area contributed by atoms with Crippen LogP contribution in [0.5, 0.6) is 0 Å². The van der Waals surface area contributed by atoms with Crippen molar-refractivity contribution in [2.75, 3.05) is 13.2 Å². The van der Waals surface area contributed by atoms with Crippen LogP contribution in [-0.4, -0.2) is 31.5 Å². The van der Waals surface area contributed by atoms with E-state index in [0.717, 1.165) is 11.1 Å². The lowest BCUT2D eigenvalue weighted by Crippen LogP contribution is -2.48. The van der Waals surface area contributed by atoms with Crippen molar-refractivity contribution in [3.8, 4) is 0 Å². The van der Waals surface area contributed by atoms with E-state index in [9.17, 15) is 4.39 Å². The zero-order valence-corrected chi connectivity index (χ0v) is 13.5. The third kappa shape index (κ3) is 2.86. The molecule has 2 aliphatic rings. The summed E-state index contributed by atoms with van der Waals surface area (Å²) in [6.07, 6.45) is 0.132. The van der Waals surface area contributed by atoms with Gasteiger partial charge in [0.2, 0.25) is 5.79 Å². The molecule has 1 unspecified atom stereocenters. The molecule has 2 heterocycles. The summed E-state index contributed by atoms with van der Waals surface area (Å²) in [5, 5.41) is 3.39. The Bertz CT molecular complexity index is 624. The van der Waals surface area contributed by atoms with Gasteiger partial charge in [0.25, 0.3) is 0 Å². The number of hydrogen-bond acceptors (Lipinski definition) is 3. The minimum atomic E-state index is -0.919. The van der Waals surface area contributed by atoms with Crippen LogP contribution in [0.2, 0.25) is 0 Å². The van der Waals surface area contributed by atoms with Gasteiger partial charge in [-0.3, -0.25) is 0 Å². The summed E-state index contributed by atoms with van der Waals surface area (Å²) in [5.74, 6) is -0.919. The van der Waals surface area contributed by atoms with Gasteiger partial charge in [-0.15, -0.1) is 0 Å². The maximum atomic E-state index is 13.8. The topological polar surface area (TPSA) is 30.5 Å². The fraction of sp³-hybridized carbons (Fsp3) is 0.400. The maximum absolute atomic E-state index is 13.8. The van der Waals surface area contributed by atoms with Crippen molar-refractivity contribution in [1.82, 2.24) is 5.32 Å². The van der Waals surface area contributed by atoms with Crippen LogP contribution in [0.25, 0.3) is 0 Å². The van der Waals surface area contributed by atoms with Crippen molar-refractivity contribution in [3.63, 3.8) is 0 Å². The summed E-state index contributed by atoms with van der Waals surface area (Å²) in [6, 6.07) is 19.9. The Balaban J connectivity index is 1.66. The lowest BCUT2D eigenvalue weighted by molar-refractivity contribution is -0.147. The van der Waals surface area contributed by atoms with Crippen LogP contribution >= 0.6 is 0 Å². The van der Waals surface area contributed by atoms with Gasteiger partial charge in [-0.25, -0.2) is 4.39 Å². The van der Waals surface area contributed by atoms with Crippen LogP contribution in [0.1, 0.15) is 24.0 Å². The number of hydrogen-bond donors (Lipinski definition) is 1. The Morgan fingerprint density at radius 2 is 1.58 bits per heavy atom. The van der Waals surface area contributed by atoms with Crippen LogP contribution in [0.15, 0.2) is 60.7 Å². The molecule has 0 aromatic heterocycles. The Kier molecular flexibility index (Phi) is 4.35. The zero-order chi connectivity index (χ0) is 16.4. The second-order valence-corrected chi connectivity index (χ2v) is 6.50. The van der Waals surface area contributed by atoms with Crippen molar-refractivity contribution >= 4 is 0 Å². The highest BCUT2D eigenvalue weighted by atomic mass is 19.1. The van der Waals surface area contributed by atoms with Crippen molar-refractivity contribution in [2.45, 2.75) is 36.9 Å². The van der Waals surface area contributed by atoms with E-state index in [1.54, 1.807) is 0 Å². The molecule has 0 radical (unpaired) electrons. The number of ether oxygens (including phenoxy) is 2. The molecule has 0 saturated carbocycles. The summed E-state index contributed by atoms with van der Waals surface area (Å²) >= 11 is 0. The van der Waals surface area contributed by atoms with Gasteiger partial charge >= 0.3 is 0 Å². The average molecular weight is 327 g/mol. The van der Waals surface area contributed by atoms with Gasteiger partial charge in [0, 0.05) is 17.2 Å². The third-order valence-corrected chi connectivity index (χ3v) is 4.90. The van der Waals surface area contributed by atoms with Crippen molar-refractivity contribution < 1.29 is 13.9 Å². The van der Waals surface area contributed by atoms with Gasteiger partial charge in [0.15, 0.2) is 0 Å².